The van der Waals surface area contributed by atoms with Crippen molar-refractivity contribution in [2.75, 3.05) is 0 Å². The van der Waals surface area contributed by atoms with Gasteiger partial charge in [-0.05, 0) is 0 Å². The van der Waals surface area contributed by atoms with E-state index in [1.54, 1.807) is 0 Å². The van der Waals surface area contributed by atoms with Crippen molar-refractivity contribution < 1.29 is 82.5 Å². The third-order valence-corrected chi connectivity index (χ3v) is 2.36. The molecule has 15 heteroatoms. The van der Waals surface area contributed by atoms with Crippen LogP contribution in [0.5, 0.6) is 0 Å². The van der Waals surface area contributed by atoms with Gasteiger partial charge in [0.2, 0.25) is 6.17 Å². The summed E-state index contributed by atoms with van der Waals surface area (Å²) >= 11 is 0. The van der Waals surface area contributed by atoms with Crippen LogP contribution in [0.1, 0.15) is 1.43 Å². The average Bonchev–Trinajstić information content (AvgIpc) is 2.33. The molecule has 0 rings (SSSR count). The van der Waals surface area contributed by atoms with Gasteiger partial charge in [0, 0.05) is 0 Å². The van der Waals surface area contributed by atoms with Gasteiger partial charge in [-0.2, -0.15) is 35.1 Å². The Balaban J connectivity index is -0.00000220. The molecule has 0 bridgehead atoms. The smallest absolute Gasteiger partial charge is 1.00 e. The number of aliphatic hydroxyl groups is 1. The van der Waals surface area contributed by atoms with Crippen LogP contribution in [0, 0.1) is 0 Å². The molecule has 0 amide bonds. The first kappa shape index (κ1) is 24.9. The predicted molar refractivity (Wildman–Crippen MR) is 43.8 cm³/mol. The number of halogens is 13. The van der Waals surface area contributed by atoms with Crippen molar-refractivity contribution in [3.05, 3.63) is 0 Å². The van der Waals surface area contributed by atoms with Crippen LogP contribution in [0.3, 0.4) is 0 Å². The third-order valence-electron chi connectivity index (χ3n) is 2.36. The van der Waals surface area contributed by atoms with E-state index in [-0.39, 0.29) is 20.3 Å². The second-order valence-corrected chi connectivity index (χ2v) is 3.94. The van der Waals surface area contributed by atoms with Crippen molar-refractivity contribution in [2.45, 2.75) is 48.8 Å². The van der Waals surface area contributed by atoms with E-state index >= 15 is 0 Å². The summed E-state index contributed by atoms with van der Waals surface area (Å²) in [5, 5.41) is 7.46. The standard InChI is InChI=1S/C8H5F13O.Li.H/c9-1(2(10)4(12)13)3(11)5(14,15)6(16,17)7(18,19)8(20,21)22;;/h1-4,22H;;/q;+1;-1. The Kier molecular flexibility index (Phi) is 7.86. The minimum Gasteiger partial charge on any atom is -1.00 e. The number of alkyl halides is 13. The van der Waals surface area contributed by atoms with Crippen molar-refractivity contribution in [1.82, 2.24) is 0 Å². The molecule has 0 fully saturated rings. The summed E-state index contributed by atoms with van der Waals surface area (Å²) in [6.45, 7) is 0. The zero-order valence-corrected chi connectivity index (χ0v) is 10.7. The van der Waals surface area contributed by atoms with E-state index < -0.39 is 48.8 Å². The van der Waals surface area contributed by atoms with Crippen molar-refractivity contribution in [3.8, 4) is 0 Å². The normalized spacial score (nSPS) is 18.4. The van der Waals surface area contributed by atoms with Gasteiger partial charge in [0.15, 0.2) is 12.3 Å². The topological polar surface area (TPSA) is 20.2 Å². The van der Waals surface area contributed by atoms with Crippen molar-refractivity contribution in [3.63, 3.8) is 0 Å². The van der Waals surface area contributed by atoms with E-state index in [2.05, 4.69) is 0 Å². The summed E-state index contributed by atoms with van der Waals surface area (Å²) in [6.07, 6.45) is -25.8. The van der Waals surface area contributed by atoms with Crippen molar-refractivity contribution in [2.24, 2.45) is 0 Å². The van der Waals surface area contributed by atoms with Crippen LogP contribution in [0.4, 0.5) is 57.1 Å². The molecule has 0 heterocycles. The fraction of sp³-hybridized carbons (Fsp3) is 1.00. The fourth-order valence-electron chi connectivity index (χ4n) is 1.07. The summed E-state index contributed by atoms with van der Waals surface area (Å²) < 4.78 is 160. The monoisotopic (exact) mass is 372 g/mol. The van der Waals surface area contributed by atoms with Crippen LogP contribution in [0.25, 0.3) is 0 Å². The van der Waals surface area contributed by atoms with Crippen LogP contribution in [-0.4, -0.2) is 53.9 Å². The molecule has 0 aliphatic heterocycles. The number of hydrogen-bond donors (Lipinski definition) is 1. The first-order valence-electron chi connectivity index (χ1n) is 4.87. The quantitative estimate of drug-likeness (QED) is 0.520. The second-order valence-electron chi connectivity index (χ2n) is 3.94. The Morgan fingerprint density at radius 3 is 1.26 bits per heavy atom. The average molecular weight is 372 g/mol. The Morgan fingerprint density at radius 2 is 1.00 bits per heavy atom. The van der Waals surface area contributed by atoms with E-state index in [4.69, 9.17) is 5.11 Å². The molecule has 1 N–H and O–H groups in total. The van der Waals surface area contributed by atoms with E-state index in [1.165, 1.54) is 0 Å². The fourth-order valence-corrected chi connectivity index (χ4v) is 1.07. The molecule has 0 saturated heterocycles. The van der Waals surface area contributed by atoms with Gasteiger partial charge in [-0.25, -0.2) is 22.0 Å². The molecule has 0 aromatic rings. The van der Waals surface area contributed by atoms with Gasteiger partial charge in [0.05, 0.1) is 0 Å². The SMILES string of the molecule is OC(F)(F)C(F)(F)C(F)(F)C(F)(F)C(F)C(F)C(F)C(F)F.[H-].[Li+]. The zero-order chi connectivity index (χ0) is 18.3. The Hall–Kier alpha value is -0.353. The molecule has 0 radical (unpaired) electrons. The molecule has 0 aliphatic carbocycles. The van der Waals surface area contributed by atoms with E-state index in [0.29, 0.717) is 0 Å². The molecular weight excluding hydrogens is 366 g/mol. The molecular formula is C8H6F13LiO. The second kappa shape index (κ2) is 7.26. The molecule has 0 saturated carbocycles. The van der Waals surface area contributed by atoms with Crippen molar-refractivity contribution >= 4 is 0 Å². The summed E-state index contributed by atoms with van der Waals surface area (Å²) in [4.78, 5) is 0. The van der Waals surface area contributed by atoms with Crippen molar-refractivity contribution in [1.29, 1.82) is 0 Å². The Morgan fingerprint density at radius 1 is 0.652 bits per heavy atom. The molecule has 136 valence electrons. The Bertz CT molecular complexity index is 387. The van der Waals surface area contributed by atoms with Gasteiger partial charge in [-0.1, -0.05) is 0 Å². The summed E-state index contributed by atoms with van der Waals surface area (Å²) in [6, 6.07) is 0. The molecule has 1 nitrogen and oxygen atoms in total. The van der Waals surface area contributed by atoms with Gasteiger partial charge in [-0.15, -0.1) is 0 Å². The van der Waals surface area contributed by atoms with Gasteiger partial charge >= 0.3 is 42.7 Å². The van der Waals surface area contributed by atoms with E-state index in [9.17, 15) is 57.1 Å². The van der Waals surface area contributed by atoms with Gasteiger partial charge in [-0.3, -0.25) is 0 Å². The van der Waals surface area contributed by atoms with Gasteiger partial charge in [0.25, 0.3) is 6.43 Å². The van der Waals surface area contributed by atoms with Crippen LogP contribution < -0.4 is 18.9 Å². The van der Waals surface area contributed by atoms with Gasteiger partial charge < -0.3 is 6.53 Å². The number of hydrogen-bond acceptors (Lipinski definition) is 1. The third kappa shape index (κ3) is 4.19. The molecule has 23 heavy (non-hydrogen) atoms. The zero-order valence-electron chi connectivity index (χ0n) is 11.7. The minimum absolute atomic E-state index is 0. The molecule has 3 unspecified atom stereocenters. The summed E-state index contributed by atoms with van der Waals surface area (Å²) in [5.74, 6) is -21.8. The Labute approximate surface area is 132 Å². The maximum absolute atomic E-state index is 12.8. The van der Waals surface area contributed by atoms with Crippen LogP contribution >= 0.6 is 0 Å². The molecule has 0 spiro atoms. The first-order chi connectivity index (χ1) is 9.43. The number of rotatable bonds is 7. The van der Waals surface area contributed by atoms with Crippen LogP contribution in [0.2, 0.25) is 0 Å². The first-order valence-corrected chi connectivity index (χ1v) is 4.87. The van der Waals surface area contributed by atoms with E-state index in [1.807, 2.05) is 0 Å². The maximum atomic E-state index is 12.8. The maximum Gasteiger partial charge on any atom is 1.00 e. The molecule has 3 atom stereocenters. The summed E-state index contributed by atoms with van der Waals surface area (Å²) in [5.41, 5.74) is 0. The van der Waals surface area contributed by atoms with Crippen LogP contribution in [-0.2, 0) is 0 Å². The molecule has 0 aliphatic rings. The predicted octanol–water partition coefficient (Wildman–Crippen LogP) is 0.873. The minimum atomic E-state index is -7.44. The van der Waals surface area contributed by atoms with Gasteiger partial charge in [0.1, 0.15) is 0 Å². The molecule has 0 aromatic heterocycles. The molecule has 0 aromatic carbocycles. The summed E-state index contributed by atoms with van der Waals surface area (Å²) in [7, 11) is 0. The largest absolute Gasteiger partial charge is 1.00 e. The van der Waals surface area contributed by atoms with Crippen LogP contribution in [0.15, 0.2) is 0 Å². The van der Waals surface area contributed by atoms with E-state index in [0.717, 1.165) is 0 Å².